The summed E-state index contributed by atoms with van der Waals surface area (Å²) in [6.45, 7) is 2.73. The Balaban J connectivity index is 2.17. The quantitative estimate of drug-likeness (QED) is 0.736. The third-order valence-corrected chi connectivity index (χ3v) is 3.15. The molecule has 0 aliphatic rings. The molecular weight excluding hydrogens is 266 g/mol. The molecule has 0 saturated carbocycles. The van der Waals surface area contributed by atoms with Crippen LogP contribution >= 0.6 is 0 Å². The molecule has 0 atom stereocenters. The highest BCUT2D eigenvalue weighted by Crippen LogP contribution is 2.13. The van der Waals surface area contributed by atoms with E-state index < -0.39 is 0 Å². The Labute approximate surface area is 121 Å². The van der Waals surface area contributed by atoms with Crippen LogP contribution in [0.2, 0.25) is 0 Å². The number of hydrogen-bond donors (Lipinski definition) is 0. The van der Waals surface area contributed by atoms with Crippen molar-refractivity contribution in [3.63, 3.8) is 0 Å². The first-order valence-corrected chi connectivity index (χ1v) is 6.82. The summed E-state index contributed by atoms with van der Waals surface area (Å²) in [6, 6.07) is 13.5. The lowest BCUT2D eigenvalue weighted by Crippen LogP contribution is -2.24. The normalized spacial score (nSPS) is 10.7. The summed E-state index contributed by atoms with van der Waals surface area (Å²) >= 11 is 0. The first-order valence-electron chi connectivity index (χ1n) is 6.82. The van der Waals surface area contributed by atoms with Gasteiger partial charge in [0.25, 0.3) is 5.56 Å². The molecule has 1 aromatic carbocycles. The maximum atomic E-state index is 12.6. The third kappa shape index (κ3) is 2.63. The zero-order valence-electron chi connectivity index (χ0n) is 11.7. The van der Waals surface area contributed by atoms with Crippen LogP contribution in [-0.4, -0.2) is 21.1 Å². The summed E-state index contributed by atoms with van der Waals surface area (Å²) in [7, 11) is 0. The fourth-order valence-electron chi connectivity index (χ4n) is 2.18. The van der Waals surface area contributed by atoms with Crippen LogP contribution in [0.3, 0.4) is 0 Å². The minimum absolute atomic E-state index is 0.139. The van der Waals surface area contributed by atoms with Crippen LogP contribution in [0.25, 0.3) is 11.0 Å². The highest BCUT2D eigenvalue weighted by Gasteiger charge is 2.12. The van der Waals surface area contributed by atoms with Crippen molar-refractivity contribution in [2.45, 2.75) is 13.5 Å². The lowest BCUT2D eigenvalue weighted by molar-refractivity contribution is 0.293. The molecule has 2 heterocycles. The smallest absolute Gasteiger partial charge is 0.301 e. The minimum atomic E-state index is -0.139. The van der Waals surface area contributed by atoms with Gasteiger partial charge in [-0.05, 0) is 24.6 Å². The number of aromatic nitrogens is 3. The van der Waals surface area contributed by atoms with Gasteiger partial charge in [-0.2, -0.15) is 4.98 Å². The molecule has 2 aromatic heterocycles. The second kappa shape index (κ2) is 5.75. The fraction of sp³-hybridized carbons (Fsp3) is 0.188. The molecule has 0 amide bonds. The van der Waals surface area contributed by atoms with E-state index in [4.69, 9.17) is 4.74 Å². The highest BCUT2D eigenvalue weighted by molar-refractivity contribution is 5.73. The number of ether oxygens (including phenoxy) is 1. The van der Waals surface area contributed by atoms with Gasteiger partial charge >= 0.3 is 6.01 Å². The van der Waals surface area contributed by atoms with E-state index in [-0.39, 0.29) is 5.56 Å². The van der Waals surface area contributed by atoms with Gasteiger partial charge in [-0.3, -0.25) is 9.36 Å². The van der Waals surface area contributed by atoms with E-state index in [1.807, 2.05) is 37.3 Å². The summed E-state index contributed by atoms with van der Waals surface area (Å²) in [4.78, 5) is 21.1. The summed E-state index contributed by atoms with van der Waals surface area (Å²) in [6.07, 6.45) is 1.62. The monoisotopic (exact) mass is 281 g/mol. The van der Waals surface area contributed by atoms with Crippen LogP contribution in [0, 0.1) is 0 Å². The molecule has 0 bridgehead atoms. The third-order valence-electron chi connectivity index (χ3n) is 3.15. The second-order valence-electron chi connectivity index (χ2n) is 4.58. The van der Waals surface area contributed by atoms with Crippen molar-refractivity contribution in [2.24, 2.45) is 0 Å². The molecule has 3 rings (SSSR count). The van der Waals surface area contributed by atoms with Gasteiger partial charge in [0, 0.05) is 6.20 Å². The Morgan fingerprint density at radius 2 is 1.95 bits per heavy atom. The maximum absolute atomic E-state index is 12.6. The first-order chi connectivity index (χ1) is 10.3. The maximum Gasteiger partial charge on any atom is 0.301 e. The van der Waals surface area contributed by atoms with E-state index in [0.29, 0.717) is 30.2 Å². The molecule has 5 heteroatoms. The molecule has 3 aromatic rings. The molecule has 5 nitrogen and oxygen atoms in total. The van der Waals surface area contributed by atoms with Crippen molar-refractivity contribution >= 4 is 11.0 Å². The van der Waals surface area contributed by atoms with Gasteiger partial charge in [0.05, 0.1) is 18.5 Å². The van der Waals surface area contributed by atoms with E-state index in [1.54, 1.807) is 22.9 Å². The van der Waals surface area contributed by atoms with Crippen molar-refractivity contribution in [2.75, 3.05) is 6.61 Å². The van der Waals surface area contributed by atoms with Gasteiger partial charge in [0.2, 0.25) is 0 Å². The number of rotatable bonds is 4. The topological polar surface area (TPSA) is 57.0 Å². The Bertz CT molecular complexity index is 813. The fourth-order valence-corrected chi connectivity index (χ4v) is 2.18. The van der Waals surface area contributed by atoms with E-state index >= 15 is 0 Å². The zero-order valence-corrected chi connectivity index (χ0v) is 11.7. The Kier molecular flexibility index (Phi) is 3.64. The van der Waals surface area contributed by atoms with Crippen LogP contribution in [0.4, 0.5) is 0 Å². The summed E-state index contributed by atoms with van der Waals surface area (Å²) in [5.41, 5.74) is 1.29. The summed E-state index contributed by atoms with van der Waals surface area (Å²) in [5, 5.41) is 0.497. The molecule has 0 spiro atoms. The van der Waals surface area contributed by atoms with Crippen molar-refractivity contribution in [3.8, 4) is 6.01 Å². The van der Waals surface area contributed by atoms with Crippen molar-refractivity contribution in [3.05, 3.63) is 64.6 Å². The van der Waals surface area contributed by atoms with Crippen LogP contribution in [0.15, 0.2) is 53.5 Å². The number of fused-ring (bicyclic) bond motifs is 1. The van der Waals surface area contributed by atoms with E-state index in [9.17, 15) is 4.79 Å². The predicted molar refractivity (Wildman–Crippen MR) is 80.5 cm³/mol. The average Bonchev–Trinajstić information content (AvgIpc) is 2.52. The molecule has 0 aliphatic carbocycles. The molecule has 0 saturated heterocycles. The van der Waals surface area contributed by atoms with Crippen LogP contribution < -0.4 is 10.3 Å². The molecule has 21 heavy (non-hydrogen) atoms. The number of benzene rings is 1. The van der Waals surface area contributed by atoms with Crippen molar-refractivity contribution in [1.29, 1.82) is 0 Å². The number of pyridine rings is 1. The highest BCUT2D eigenvalue weighted by atomic mass is 16.5. The van der Waals surface area contributed by atoms with Crippen LogP contribution in [0.1, 0.15) is 12.5 Å². The molecular formula is C16H15N3O2. The standard InChI is InChI=1S/C16H15N3O2/c1-2-21-16-18-14-13(9-6-10-17-14)15(20)19(16)11-12-7-4-3-5-8-12/h3-10H,2,11H2,1H3. The van der Waals surface area contributed by atoms with Gasteiger partial charge in [-0.15, -0.1) is 0 Å². The molecule has 0 radical (unpaired) electrons. The van der Waals surface area contributed by atoms with Crippen molar-refractivity contribution in [1.82, 2.24) is 14.5 Å². The number of nitrogens with zero attached hydrogens (tertiary/aromatic N) is 3. The molecule has 106 valence electrons. The van der Waals surface area contributed by atoms with Gasteiger partial charge in [0.15, 0.2) is 5.65 Å². The lowest BCUT2D eigenvalue weighted by Gasteiger charge is -2.12. The Hall–Kier alpha value is -2.69. The van der Waals surface area contributed by atoms with E-state index in [0.717, 1.165) is 5.56 Å². The zero-order chi connectivity index (χ0) is 14.7. The number of hydrogen-bond acceptors (Lipinski definition) is 4. The van der Waals surface area contributed by atoms with E-state index in [2.05, 4.69) is 9.97 Å². The second-order valence-corrected chi connectivity index (χ2v) is 4.58. The average molecular weight is 281 g/mol. The van der Waals surface area contributed by atoms with Crippen LogP contribution in [0.5, 0.6) is 6.01 Å². The first kappa shape index (κ1) is 13.3. The van der Waals surface area contributed by atoms with Gasteiger partial charge in [0.1, 0.15) is 0 Å². The van der Waals surface area contributed by atoms with Crippen molar-refractivity contribution < 1.29 is 4.74 Å². The Morgan fingerprint density at radius 1 is 1.14 bits per heavy atom. The lowest BCUT2D eigenvalue weighted by atomic mass is 10.2. The summed E-state index contributed by atoms with van der Waals surface area (Å²) in [5.74, 6) is 0. The minimum Gasteiger partial charge on any atom is -0.465 e. The molecule has 0 fully saturated rings. The SMILES string of the molecule is CCOc1nc2ncccc2c(=O)n1Cc1ccccc1. The largest absolute Gasteiger partial charge is 0.465 e. The Morgan fingerprint density at radius 3 is 2.71 bits per heavy atom. The van der Waals surface area contributed by atoms with Gasteiger partial charge in [-0.25, -0.2) is 4.98 Å². The molecule has 0 N–H and O–H groups in total. The van der Waals surface area contributed by atoms with Gasteiger partial charge < -0.3 is 4.74 Å². The molecule has 0 aliphatic heterocycles. The van der Waals surface area contributed by atoms with Gasteiger partial charge in [-0.1, -0.05) is 30.3 Å². The van der Waals surface area contributed by atoms with Crippen LogP contribution in [-0.2, 0) is 6.54 Å². The predicted octanol–water partition coefficient (Wildman–Crippen LogP) is 2.24. The van der Waals surface area contributed by atoms with E-state index in [1.165, 1.54) is 0 Å². The summed E-state index contributed by atoms with van der Waals surface area (Å²) < 4.78 is 7.05. The molecule has 0 unspecified atom stereocenters.